The van der Waals surface area contributed by atoms with Crippen LogP contribution in [0.1, 0.15) is 40.0 Å². The lowest BCUT2D eigenvalue weighted by Gasteiger charge is -2.31. The average molecular weight is 701 g/mol. The Morgan fingerprint density at radius 2 is 1.92 bits per heavy atom. The SMILES string of the molecule is CN(c1nc(OC[C@@]23CCCN2C[C@H](F)C3)nc2c(F)c(-c3cccc4ccc(F)c(Cl)c34)ncc12)[C@H]1CN(C(=O)OC(C)(C)C)C[C@@H]1F. The lowest BCUT2D eigenvalue weighted by Crippen LogP contribution is -2.43. The van der Waals surface area contributed by atoms with E-state index < -0.39 is 47.3 Å². The zero-order valence-electron chi connectivity index (χ0n) is 27.7. The van der Waals surface area contributed by atoms with Gasteiger partial charge in [0.1, 0.15) is 47.4 Å². The van der Waals surface area contributed by atoms with Crippen molar-refractivity contribution < 1.29 is 31.8 Å². The van der Waals surface area contributed by atoms with E-state index in [0.717, 1.165) is 19.4 Å². The molecule has 5 heterocycles. The Morgan fingerprint density at radius 1 is 1.12 bits per heavy atom. The lowest BCUT2D eigenvalue weighted by molar-refractivity contribution is 0.0283. The molecule has 0 spiro atoms. The maximum Gasteiger partial charge on any atom is 0.410 e. The Hall–Kier alpha value is -3.97. The predicted octanol–water partition coefficient (Wildman–Crippen LogP) is 7.13. The third-order valence-corrected chi connectivity index (χ3v) is 10.1. The molecule has 2 aromatic heterocycles. The van der Waals surface area contributed by atoms with Crippen molar-refractivity contribution in [2.75, 3.05) is 44.7 Å². The number of hydrogen-bond acceptors (Lipinski definition) is 8. The van der Waals surface area contributed by atoms with Crippen molar-refractivity contribution in [3.8, 4) is 17.3 Å². The van der Waals surface area contributed by atoms with Gasteiger partial charge in [0.05, 0.1) is 28.5 Å². The van der Waals surface area contributed by atoms with Gasteiger partial charge in [-0.15, -0.1) is 0 Å². The van der Waals surface area contributed by atoms with Gasteiger partial charge in [-0.25, -0.2) is 22.4 Å². The number of alkyl halides is 2. The first-order chi connectivity index (χ1) is 23.2. The molecule has 2 aromatic carbocycles. The number of rotatable bonds is 6. The first-order valence-electron chi connectivity index (χ1n) is 16.3. The van der Waals surface area contributed by atoms with E-state index in [1.807, 2.05) is 0 Å². The van der Waals surface area contributed by atoms with Crippen LogP contribution in [0.5, 0.6) is 6.01 Å². The van der Waals surface area contributed by atoms with Crippen LogP contribution in [0.2, 0.25) is 5.02 Å². The number of fused-ring (bicyclic) bond motifs is 3. The minimum Gasteiger partial charge on any atom is -0.461 e. The second-order valence-electron chi connectivity index (χ2n) is 14.2. The summed E-state index contributed by atoms with van der Waals surface area (Å²) in [4.78, 5) is 31.2. The minimum atomic E-state index is -1.48. The van der Waals surface area contributed by atoms with Crippen LogP contribution in [0.25, 0.3) is 32.9 Å². The van der Waals surface area contributed by atoms with Gasteiger partial charge in [0.25, 0.3) is 0 Å². The van der Waals surface area contributed by atoms with Gasteiger partial charge >= 0.3 is 12.1 Å². The second-order valence-corrected chi connectivity index (χ2v) is 14.6. The summed E-state index contributed by atoms with van der Waals surface area (Å²) in [6.07, 6.45) is 0.208. The first-order valence-corrected chi connectivity index (χ1v) is 16.7. The first kappa shape index (κ1) is 33.5. The molecule has 0 N–H and O–H groups in total. The average Bonchev–Trinajstić information content (AvgIpc) is 3.72. The van der Waals surface area contributed by atoms with Crippen LogP contribution in [-0.2, 0) is 4.74 Å². The van der Waals surface area contributed by atoms with Crippen LogP contribution in [0.4, 0.5) is 28.2 Å². The second kappa shape index (κ2) is 12.4. The largest absolute Gasteiger partial charge is 0.461 e. The molecular weight excluding hydrogens is 664 g/mol. The Balaban J connectivity index is 1.31. The molecular formula is C35H37ClF4N6O3. The molecule has 260 valence electrons. The molecule has 0 aliphatic carbocycles. The molecule has 0 saturated carbocycles. The minimum absolute atomic E-state index is 0.0156. The summed E-state index contributed by atoms with van der Waals surface area (Å²) in [7, 11) is 1.60. The fourth-order valence-corrected chi connectivity index (χ4v) is 7.72. The monoisotopic (exact) mass is 700 g/mol. The molecule has 14 heteroatoms. The summed E-state index contributed by atoms with van der Waals surface area (Å²) < 4.78 is 73.1. The van der Waals surface area contributed by atoms with Crippen LogP contribution in [0.15, 0.2) is 36.5 Å². The van der Waals surface area contributed by atoms with E-state index >= 15 is 8.78 Å². The van der Waals surface area contributed by atoms with Gasteiger partial charge in [0.15, 0.2) is 5.82 Å². The molecule has 3 fully saturated rings. The highest BCUT2D eigenvalue weighted by Crippen LogP contribution is 2.42. The molecule has 3 saturated heterocycles. The van der Waals surface area contributed by atoms with E-state index in [0.29, 0.717) is 18.4 Å². The standard InChI is InChI=1S/C35H37ClF4N6O3/c1-34(2,3)49-33(47)45-16-24(39)25(17-45)44(4)31-22-14-41-29(21-8-5-7-19-9-10-23(38)27(36)26(19)21)28(40)30(22)42-32(43-31)48-18-35-11-6-12-46(35)15-20(37)13-35/h5,7-10,14,20,24-25H,6,11-13,15-18H2,1-4H3/t20-,24+,25+,35+/m1/s1. The summed E-state index contributed by atoms with van der Waals surface area (Å²) in [6, 6.07) is 6.76. The number of halogens is 5. The molecule has 49 heavy (non-hydrogen) atoms. The Bertz CT molecular complexity index is 1950. The molecule has 3 aliphatic heterocycles. The number of likely N-dealkylation sites (N-methyl/N-ethyl adjacent to an activating group) is 1. The Kier molecular flexibility index (Phi) is 8.49. The van der Waals surface area contributed by atoms with Crippen LogP contribution in [-0.4, -0.2) is 100 Å². The number of aromatic nitrogens is 3. The van der Waals surface area contributed by atoms with Gasteiger partial charge in [-0.1, -0.05) is 35.9 Å². The lowest BCUT2D eigenvalue weighted by atomic mass is 9.95. The summed E-state index contributed by atoms with van der Waals surface area (Å²) in [5.74, 6) is -1.37. The predicted molar refractivity (Wildman–Crippen MR) is 179 cm³/mol. The smallest absolute Gasteiger partial charge is 0.410 e. The number of hydrogen-bond donors (Lipinski definition) is 0. The van der Waals surface area contributed by atoms with Crippen molar-refractivity contribution in [1.82, 2.24) is 24.8 Å². The van der Waals surface area contributed by atoms with Crippen molar-refractivity contribution in [2.45, 2.75) is 69.6 Å². The fraction of sp³-hybridized carbons (Fsp3) is 0.486. The number of carbonyl (C=O) groups excluding carboxylic acids is 1. The summed E-state index contributed by atoms with van der Waals surface area (Å²) in [6.45, 7) is 6.13. The molecule has 3 aliphatic rings. The molecule has 7 rings (SSSR count). The van der Waals surface area contributed by atoms with Crippen LogP contribution >= 0.6 is 11.6 Å². The van der Waals surface area contributed by atoms with Crippen molar-refractivity contribution in [1.29, 1.82) is 0 Å². The fourth-order valence-electron chi connectivity index (χ4n) is 7.44. The number of amides is 1. The topological polar surface area (TPSA) is 83.9 Å². The van der Waals surface area contributed by atoms with Gasteiger partial charge in [-0.2, -0.15) is 9.97 Å². The van der Waals surface area contributed by atoms with E-state index in [1.54, 1.807) is 52.1 Å². The highest BCUT2D eigenvalue weighted by molar-refractivity contribution is 6.36. The molecule has 0 unspecified atom stereocenters. The van der Waals surface area contributed by atoms with Crippen LogP contribution < -0.4 is 9.64 Å². The van der Waals surface area contributed by atoms with E-state index in [4.69, 9.17) is 21.1 Å². The number of likely N-dealkylation sites (tertiary alicyclic amines) is 1. The van der Waals surface area contributed by atoms with Crippen molar-refractivity contribution in [2.24, 2.45) is 0 Å². The van der Waals surface area contributed by atoms with E-state index in [2.05, 4.69) is 19.9 Å². The number of nitrogens with zero attached hydrogens (tertiary/aromatic N) is 6. The maximum absolute atomic E-state index is 16.8. The number of benzene rings is 2. The summed E-state index contributed by atoms with van der Waals surface area (Å²) >= 11 is 6.38. The Morgan fingerprint density at radius 3 is 2.69 bits per heavy atom. The molecule has 9 nitrogen and oxygen atoms in total. The normalized spacial score (nSPS) is 24.2. The third kappa shape index (κ3) is 6.09. The van der Waals surface area contributed by atoms with E-state index in [1.165, 1.54) is 22.1 Å². The van der Waals surface area contributed by atoms with Crippen molar-refractivity contribution in [3.05, 3.63) is 53.2 Å². The van der Waals surface area contributed by atoms with Gasteiger partial charge < -0.3 is 19.3 Å². The number of carbonyl (C=O) groups is 1. The zero-order valence-corrected chi connectivity index (χ0v) is 28.4. The molecule has 0 radical (unpaired) electrons. The van der Waals surface area contributed by atoms with Gasteiger partial charge in [0.2, 0.25) is 0 Å². The highest BCUT2D eigenvalue weighted by atomic mass is 35.5. The van der Waals surface area contributed by atoms with Crippen LogP contribution in [0, 0.1) is 11.6 Å². The number of pyridine rings is 1. The maximum atomic E-state index is 16.8. The summed E-state index contributed by atoms with van der Waals surface area (Å²) in [5, 5.41) is 0.871. The molecule has 1 amide bonds. The summed E-state index contributed by atoms with van der Waals surface area (Å²) in [5.41, 5.74) is -1.32. The zero-order chi connectivity index (χ0) is 34.8. The molecule has 4 atom stereocenters. The molecule has 0 bridgehead atoms. The highest BCUT2D eigenvalue weighted by Gasteiger charge is 2.49. The van der Waals surface area contributed by atoms with Crippen molar-refractivity contribution in [3.63, 3.8) is 0 Å². The third-order valence-electron chi connectivity index (χ3n) is 9.77. The van der Waals surface area contributed by atoms with E-state index in [9.17, 15) is 13.6 Å². The van der Waals surface area contributed by atoms with Crippen LogP contribution in [0.3, 0.4) is 0 Å². The molecule has 4 aromatic rings. The van der Waals surface area contributed by atoms with Gasteiger partial charge in [-0.05, 0) is 51.6 Å². The van der Waals surface area contributed by atoms with Gasteiger partial charge in [0, 0.05) is 43.7 Å². The van der Waals surface area contributed by atoms with Gasteiger partial charge in [-0.3, -0.25) is 9.88 Å². The number of anilines is 1. The van der Waals surface area contributed by atoms with Crippen molar-refractivity contribution >= 4 is 45.2 Å². The Labute approximate surface area is 286 Å². The quantitative estimate of drug-likeness (QED) is 0.197. The number of ether oxygens (including phenoxy) is 2. The van der Waals surface area contributed by atoms with E-state index in [-0.39, 0.29) is 64.1 Å².